The predicted molar refractivity (Wildman–Crippen MR) is 154 cm³/mol. The number of unbranched alkanes of at least 4 members (excludes halogenated alkanes) is 2. The van der Waals surface area contributed by atoms with Gasteiger partial charge in [-0.1, -0.05) is 50.1 Å². The maximum Gasteiger partial charge on any atom is 0.416 e. The molecule has 16 heteroatoms. The molecule has 2 rings (SSSR count). The smallest absolute Gasteiger partial charge is 0.416 e. The molecule has 13 nitrogen and oxygen atoms in total. The summed E-state index contributed by atoms with van der Waals surface area (Å²) in [6, 6.07) is 4.93. The maximum absolute atomic E-state index is 12.7. The first-order chi connectivity index (χ1) is 21.5. The van der Waals surface area contributed by atoms with Crippen LogP contribution in [-0.4, -0.2) is 67.0 Å². The van der Waals surface area contributed by atoms with Gasteiger partial charge in [0.05, 0.1) is 24.9 Å². The number of allylic oxidation sites excluding steroid dienone is 2. The van der Waals surface area contributed by atoms with E-state index >= 15 is 0 Å². The lowest BCUT2D eigenvalue weighted by Crippen LogP contribution is -2.28. The number of carbonyl (C=O) groups excluding carboxylic acids is 1. The Morgan fingerprint density at radius 2 is 1.78 bits per heavy atom. The van der Waals surface area contributed by atoms with E-state index in [2.05, 4.69) is 39.6 Å². The minimum atomic E-state index is -4.36. The Balaban J connectivity index is 0.000000512. The van der Waals surface area contributed by atoms with Crippen molar-refractivity contribution in [2.45, 2.75) is 70.3 Å². The third-order valence-electron chi connectivity index (χ3n) is 6.57. The number of halogens is 3. The third kappa shape index (κ3) is 18.5. The van der Waals surface area contributed by atoms with Crippen molar-refractivity contribution >= 4 is 6.47 Å². The summed E-state index contributed by atoms with van der Waals surface area (Å²) < 4.78 is 52.8. The van der Waals surface area contributed by atoms with Crippen LogP contribution in [0.2, 0.25) is 0 Å². The number of nitrogens with zero attached hydrogens (tertiary/aromatic N) is 2. The molecular formula is C29H41F3N2O11. The number of carbonyl (C=O) groups is 1. The number of benzene rings is 1. The molecular weight excluding hydrogens is 609 g/mol. The molecule has 0 spiro atoms. The summed E-state index contributed by atoms with van der Waals surface area (Å²) in [5.74, 6) is 0.817. The fraction of sp³-hybridized carbons (Fsp3) is 0.621. The second-order valence-electron chi connectivity index (χ2n) is 9.92. The molecule has 1 saturated carbocycles. The zero-order valence-electron chi connectivity index (χ0n) is 25.0. The highest BCUT2D eigenvalue weighted by Gasteiger charge is 2.32. The van der Waals surface area contributed by atoms with E-state index < -0.39 is 34.6 Å². The summed E-state index contributed by atoms with van der Waals surface area (Å²) in [6.07, 6.45) is 9.85. The van der Waals surface area contributed by atoms with Gasteiger partial charge < -0.3 is 29.0 Å². The second kappa shape index (κ2) is 22.6. The van der Waals surface area contributed by atoms with Gasteiger partial charge in [0.15, 0.2) is 0 Å². The molecule has 0 heterocycles. The maximum atomic E-state index is 12.7. The van der Waals surface area contributed by atoms with Gasteiger partial charge in [-0.25, -0.2) is 0 Å². The second-order valence-corrected chi connectivity index (χ2v) is 9.92. The van der Waals surface area contributed by atoms with Crippen LogP contribution in [0.25, 0.3) is 0 Å². The average molecular weight is 651 g/mol. The van der Waals surface area contributed by atoms with Gasteiger partial charge in [0.25, 0.3) is 16.6 Å². The van der Waals surface area contributed by atoms with Crippen molar-refractivity contribution in [3.05, 3.63) is 74.4 Å². The lowest BCUT2D eigenvalue weighted by Gasteiger charge is -2.17. The van der Waals surface area contributed by atoms with Crippen LogP contribution in [0.1, 0.15) is 57.4 Å². The van der Waals surface area contributed by atoms with Crippen molar-refractivity contribution in [2.24, 2.45) is 11.8 Å². The monoisotopic (exact) mass is 650 g/mol. The van der Waals surface area contributed by atoms with Gasteiger partial charge in [-0.3, -0.25) is 4.79 Å². The Hall–Kier alpha value is -3.92. The van der Waals surface area contributed by atoms with Crippen LogP contribution >= 0.6 is 0 Å². The van der Waals surface area contributed by atoms with Crippen LogP contribution in [0.5, 0.6) is 5.75 Å². The van der Waals surface area contributed by atoms with Crippen molar-refractivity contribution < 1.29 is 57.1 Å². The summed E-state index contributed by atoms with van der Waals surface area (Å²) in [6.45, 7) is 1.35. The number of ether oxygens (including phenoxy) is 3. The largest absolute Gasteiger partial charge is 0.493 e. The quantitative estimate of drug-likeness (QED) is 0.0585. The van der Waals surface area contributed by atoms with E-state index in [0.717, 1.165) is 37.8 Å². The SMILES string of the molecule is CCCC/C=C\C[C@H]1CC[C@@H](O)C1/C=C/CCOc1cccc(C(F)(F)F)c1.O=COCC(CO[N+](=O)[O-])OCCO[N+](=O)[O-]. The molecule has 2 unspecified atom stereocenters. The number of hydrogen-bond donors (Lipinski definition) is 1. The van der Waals surface area contributed by atoms with E-state index in [-0.39, 0.29) is 44.1 Å². The minimum Gasteiger partial charge on any atom is -0.493 e. The van der Waals surface area contributed by atoms with E-state index in [1.807, 2.05) is 6.08 Å². The molecule has 1 aliphatic carbocycles. The molecule has 45 heavy (non-hydrogen) atoms. The number of alkyl halides is 3. The Labute approximate surface area is 259 Å². The molecule has 0 amide bonds. The molecule has 1 aliphatic rings. The lowest BCUT2D eigenvalue weighted by molar-refractivity contribution is -0.760. The standard InChI is InChI=1S/C23H31F3O2.C6H10N2O9/c1-2-3-4-5-6-10-18-14-15-22(27)21(18)13-7-8-16-28-20-12-9-11-19(17-20)23(24,25)26;9-5-14-3-6(4-17-8(12)13)15-1-2-16-7(10)11/h5-7,9,11-13,17-18,21-22,27H,2-4,8,10,14-16H2,1H3;5-6H,1-4H2/b6-5-,13-7+;/t18-,21?,22+;/m0./s1. The highest BCUT2D eigenvalue weighted by Crippen LogP contribution is 2.36. The Morgan fingerprint density at radius 3 is 2.44 bits per heavy atom. The summed E-state index contributed by atoms with van der Waals surface area (Å²) >= 11 is 0. The highest BCUT2D eigenvalue weighted by atomic mass is 19.4. The first-order valence-electron chi connectivity index (χ1n) is 14.5. The molecule has 0 bridgehead atoms. The van der Waals surface area contributed by atoms with Gasteiger partial charge in [-0.05, 0) is 56.2 Å². The molecule has 0 aliphatic heterocycles. The number of aliphatic hydroxyl groups is 1. The number of aliphatic hydroxyl groups excluding tert-OH is 1. The molecule has 1 N–H and O–H groups in total. The van der Waals surface area contributed by atoms with Crippen LogP contribution in [0, 0.1) is 32.1 Å². The van der Waals surface area contributed by atoms with Crippen molar-refractivity contribution in [3.63, 3.8) is 0 Å². The van der Waals surface area contributed by atoms with E-state index in [9.17, 15) is 43.3 Å². The molecule has 254 valence electrons. The van der Waals surface area contributed by atoms with Crippen LogP contribution in [0.4, 0.5) is 13.2 Å². The van der Waals surface area contributed by atoms with Crippen LogP contribution in [0.15, 0.2) is 48.6 Å². The molecule has 4 atom stereocenters. The summed E-state index contributed by atoms with van der Waals surface area (Å²) in [5, 5.41) is 27.9. The molecule has 0 saturated heterocycles. The van der Waals surface area contributed by atoms with Crippen molar-refractivity contribution in [1.29, 1.82) is 0 Å². The van der Waals surface area contributed by atoms with Crippen LogP contribution in [-0.2, 0) is 30.1 Å². The van der Waals surface area contributed by atoms with Gasteiger partial charge in [-0.2, -0.15) is 13.2 Å². The zero-order chi connectivity index (χ0) is 33.5. The minimum absolute atomic E-state index is 0.135. The lowest BCUT2D eigenvalue weighted by atomic mass is 9.91. The summed E-state index contributed by atoms with van der Waals surface area (Å²) in [4.78, 5) is 37.5. The topological polar surface area (TPSA) is 170 Å². The highest BCUT2D eigenvalue weighted by molar-refractivity contribution is 5.36. The van der Waals surface area contributed by atoms with Crippen molar-refractivity contribution in [2.75, 3.05) is 33.0 Å². The average Bonchev–Trinajstić information content (AvgIpc) is 3.34. The Kier molecular flexibility index (Phi) is 19.6. The fourth-order valence-corrected chi connectivity index (χ4v) is 4.38. The van der Waals surface area contributed by atoms with Gasteiger partial charge in [0, 0.05) is 5.92 Å². The van der Waals surface area contributed by atoms with Gasteiger partial charge in [0.1, 0.15) is 31.7 Å². The molecule has 0 aromatic heterocycles. The summed E-state index contributed by atoms with van der Waals surface area (Å²) in [7, 11) is 0. The predicted octanol–water partition coefficient (Wildman–Crippen LogP) is 5.52. The number of hydrogen-bond acceptors (Lipinski definition) is 11. The van der Waals surface area contributed by atoms with E-state index in [1.165, 1.54) is 25.0 Å². The molecule has 1 fully saturated rings. The molecule has 1 aromatic carbocycles. The third-order valence-corrected chi connectivity index (χ3v) is 6.57. The van der Waals surface area contributed by atoms with Gasteiger partial charge >= 0.3 is 6.18 Å². The van der Waals surface area contributed by atoms with Crippen molar-refractivity contribution in [1.82, 2.24) is 0 Å². The van der Waals surface area contributed by atoms with Crippen LogP contribution in [0.3, 0.4) is 0 Å². The van der Waals surface area contributed by atoms with Gasteiger partial charge in [0.2, 0.25) is 0 Å². The molecule has 1 aromatic rings. The Bertz CT molecular complexity index is 1060. The zero-order valence-corrected chi connectivity index (χ0v) is 25.0. The van der Waals surface area contributed by atoms with E-state index in [1.54, 1.807) is 0 Å². The van der Waals surface area contributed by atoms with E-state index in [0.29, 0.717) is 18.9 Å². The fourth-order valence-electron chi connectivity index (χ4n) is 4.38. The van der Waals surface area contributed by atoms with Crippen LogP contribution < -0.4 is 4.74 Å². The first kappa shape index (κ1) is 39.1. The van der Waals surface area contributed by atoms with E-state index in [4.69, 9.17) is 9.47 Å². The van der Waals surface area contributed by atoms with Gasteiger partial charge in [-0.15, -0.1) is 20.2 Å². The number of rotatable bonds is 21. The van der Waals surface area contributed by atoms with Crippen molar-refractivity contribution in [3.8, 4) is 5.75 Å². The normalized spacial score (nSPS) is 18.6. The first-order valence-corrected chi connectivity index (χ1v) is 14.5. The Morgan fingerprint density at radius 1 is 1.02 bits per heavy atom. The molecule has 0 radical (unpaired) electrons. The summed E-state index contributed by atoms with van der Waals surface area (Å²) in [5.41, 5.74) is -0.704.